The minimum atomic E-state index is -4.85. The number of carbonyl (C=O) groups is 1. The highest BCUT2D eigenvalue weighted by Crippen LogP contribution is 2.25. The van der Waals surface area contributed by atoms with Crippen LogP contribution in [0.1, 0.15) is 16.3 Å². The zero-order valence-electron chi connectivity index (χ0n) is 14.8. The molecule has 0 radical (unpaired) electrons. The lowest BCUT2D eigenvalue weighted by Crippen LogP contribution is -2.50. The normalized spacial score (nSPS) is 16.2. The monoisotopic (exact) mass is 418 g/mol. The molecule has 0 saturated carbocycles. The van der Waals surface area contributed by atoms with Crippen LogP contribution in [0.15, 0.2) is 45.7 Å². The number of piperazine rings is 1. The molecule has 0 bridgehead atoms. The second kappa shape index (κ2) is 7.47. The third-order valence-corrected chi connectivity index (χ3v) is 6.08. The number of aryl methyl sites for hydroxylation is 1. The molecule has 0 N–H and O–H groups in total. The number of halogens is 3. The molecule has 1 fully saturated rings. The van der Waals surface area contributed by atoms with Crippen LogP contribution in [0.3, 0.4) is 0 Å². The number of hydrogen-bond donors (Lipinski definition) is 0. The fraction of sp³-hybridized carbons (Fsp3) is 0.353. The van der Waals surface area contributed by atoms with Gasteiger partial charge in [0, 0.05) is 26.2 Å². The number of hydrogen-bond acceptors (Lipinski definition) is 5. The van der Waals surface area contributed by atoms with Crippen molar-refractivity contribution >= 4 is 15.9 Å². The smallest absolute Gasteiger partial charge is 0.456 e. The van der Waals surface area contributed by atoms with Crippen LogP contribution < -0.4 is 4.74 Å². The van der Waals surface area contributed by atoms with E-state index in [-0.39, 0.29) is 42.7 Å². The molecule has 0 spiro atoms. The first kappa shape index (κ1) is 20.2. The number of rotatable bonds is 4. The van der Waals surface area contributed by atoms with E-state index < -0.39 is 22.1 Å². The number of benzene rings is 1. The molecular formula is C17H17F3N2O5S. The van der Waals surface area contributed by atoms with Crippen molar-refractivity contribution < 1.29 is 35.5 Å². The highest BCUT2D eigenvalue weighted by atomic mass is 32.2. The Bertz CT molecular complexity index is 946. The van der Waals surface area contributed by atoms with E-state index in [4.69, 9.17) is 4.42 Å². The minimum Gasteiger partial charge on any atom is -0.456 e. The minimum absolute atomic E-state index is 0.0641. The second-order valence-electron chi connectivity index (χ2n) is 6.13. The van der Waals surface area contributed by atoms with E-state index in [1.165, 1.54) is 9.21 Å². The summed E-state index contributed by atoms with van der Waals surface area (Å²) in [6.45, 7) is 2.19. The Balaban J connectivity index is 1.65. The topological polar surface area (TPSA) is 80.1 Å². The molecule has 7 nitrogen and oxygen atoms in total. The Morgan fingerprint density at radius 3 is 2.14 bits per heavy atom. The SMILES string of the molecule is Cc1ccc(C(=O)N2CCN(S(=O)(=O)c3ccc(OC(F)(F)F)cc3)CC2)o1. The van der Waals surface area contributed by atoms with Gasteiger partial charge >= 0.3 is 6.36 Å². The molecule has 2 aromatic rings. The van der Waals surface area contributed by atoms with Crippen molar-refractivity contribution in [3.63, 3.8) is 0 Å². The number of furan rings is 1. The summed E-state index contributed by atoms with van der Waals surface area (Å²) >= 11 is 0. The fourth-order valence-electron chi connectivity index (χ4n) is 2.80. The summed E-state index contributed by atoms with van der Waals surface area (Å²) in [5.74, 6) is -0.0361. The molecule has 0 atom stereocenters. The van der Waals surface area contributed by atoms with Gasteiger partial charge in [-0.05, 0) is 43.3 Å². The van der Waals surface area contributed by atoms with Crippen molar-refractivity contribution in [2.75, 3.05) is 26.2 Å². The number of nitrogens with zero attached hydrogens (tertiary/aromatic N) is 2. The number of ether oxygens (including phenoxy) is 1. The quantitative estimate of drug-likeness (QED) is 0.763. The van der Waals surface area contributed by atoms with E-state index in [1.54, 1.807) is 19.1 Å². The standard InChI is InChI=1S/C17H17F3N2O5S/c1-12-2-7-15(26-12)16(23)21-8-10-22(11-9-21)28(24,25)14-5-3-13(4-6-14)27-17(18,19)20/h2-7H,8-11H2,1H3. The van der Waals surface area contributed by atoms with Crippen LogP contribution in [-0.4, -0.2) is 56.1 Å². The van der Waals surface area contributed by atoms with Crippen molar-refractivity contribution in [1.29, 1.82) is 0 Å². The van der Waals surface area contributed by atoms with Gasteiger partial charge in [0.1, 0.15) is 11.5 Å². The van der Waals surface area contributed by atoms with Gasteiger partial charge in [-0.3, -0.25) is 4.79 Å². The van der Waals surface area contributed by atoms with Gasteiger partial charge in [0.25, 0.3) is 5.91 Å². The predicted molar refractivity (Wildman–Crippen MR) is 91.2 cm³/mol. The van der Waals surface area contributed by atoms with E-state index in [1.807, 2.05) is 0 Å². The van der Waals surface area contributed by atoms with Crippen LogP contribution in [0.2, 0.25) is 0 Å². The molecule has 1 aromatic heterocycles. The molecule has 2 heterocycles. The van der Waals surface area contributed by atoms with Gasteiger partial charge in [0.15, 0.2) is 5.76 Å². The summed E-state index contributed by atoms with van der Waals surface area (Å²) in [6.07, 6.45) is -4.85. The predicted octanol–water partition coefficient (Wildman–Crippen LogP) is 2.63. The molecular weight excluding hydrogens is 401 g/mol. The van der Waals surface area contributed by atoms with Crippen LogP contribution >= 0.6 is 0 Å². The zero-order chi connectivity index (χ0) is 20.5. The van der Waals surface area contributed by atoms with Crippen molar-refractivity contribution in [1.82, 2.24) is 9.21 Å². The Labute approximate surface area is 159 Å². The first-order valence-corrected chi connectivity index (χ1v) is 9.72. The molecule has 0 aliphatic carbocycles. The Hall–Kier alpha value is -2.53. The third-order valence-electron chi connectivity index (χ3n) is 4.17. The number of amides is 1. The van der Waals surface area contributed by atoms with E-state index in [0.29, 0.717) is 5.76 Å². The zero-order valence-corrected chi connectivity index (χ0v) is 15.6. The maximum atomic E-state index is 12.7. The molecule has 1 aliphatic rings. The third kappa shape index (κ3) is 4.47. The Morgan fingerprint density at radius 2 is 1.64 bits per heavy atom. The van der Waals surface area contributed by atoms with Crippen molar-refractivity contribution in [3.05, 3.63) is 47.9 Å². The molecule has 3 rings (SSSR count). The lowest BCUT2D eigenvalue weighted by molar-refractivity contribution is -0.274. The van der Waals surface area contributed by atoms with Gasteiger partial charge in [-0.25, -0.2) is 8.42 Å². The summed E-state index contributed by atoms with van der Waals surface area (Å²) < 4.78 is 72.2. The van der Waals surface area contributed by atoms with Crippen LogP contribution in [0.4, 0.5) is 13.2 Å². The lowest BCUT2D eigenvalue weighted by atomic mass is 10.3. The summed E-state index contributed by atoms with van der Waals surface area (Å²) in [5, 5.41) is 0. The summed E-state index contributed by atoms with van der Waals surface area (Å²) in [7, 11) is -3.90. The molecule has 0 unspecified atom stereocenters. The van der Waals surface area contributed by atoms with Crippen molar-refractivity contribution in [2.45, 2.75) is 18.2 Å². The molecule has 1 amide bonds. The van der Waals surface area contributed by atoms with Gasteiger partial charge in [0.05, 0.1) is 4.90 Å². The highest BCUT2D eigenvalue weighted by Gasteiger charge is 2.33. The Morgan fingerprint density at radius 1 is 1.04 bits per heavy atom. The van der Waals surface area contributed by atoms with Crippen molar-refractivity contribution in [2.24, 2.45) is 0 Å². The summed E-state index contributed by atoms with van der Waals surface area (Å²) in [4.78, 5) is 13.7. The lowest BCUT2D eigenvalue weighted by Gasteiger charge is -2.33. The summed E-state index contributed by atoms with van der Waals surface area (Å²) in [6, 6.07) is 7.23. The van der Waals surface area contributed by atoms with E-state index in [2.05, 4.69) is 4.74 Å². The maximum absolute atomic E-state index is 12.7. The number of carbonyl (C=O) groups excluding carboxylic acids is 1. The van der Waals surface area contributed by atoms with Gasteiger partial charge in [-0.15, -0.1) is 13.2 Å². The van der Waals surface area contributed by atoms with Crippen LogP contribution in [0.25, 0.3) is 0 Å². The largest absolute Gasteiger partial charge is 0.573 e. The van der Waals surface area contributed by atoms with Gasteiger partial charge in [0.2, 0.25) is 10.0 Å². The van der Waals surface area contributed by atoms with Crippen LogP contribution in [0.5, 0.6) is 5.75 Å². The first-order valence-electron chi connectivity index (χ1n) is 8.28. The molecule has 28 heavy (non-hydrogen) atoms. The molecule has 11 heteroatoms. The van der Waals surface area contributed by atoms with Gasteiger partial charge < -0.3 is 14.1 Å². The average molecular weight is 418 g/mol. The fourth-order valence-corrected chi connectivity index (χ4v) is 4.22. The average Bonchev–Trinajstić information content (AvgIpc) is 3.07. The van der Waals surface area contributed by atoms with Gasteiger partial charge in [-0.1, -0.05) is 0 Å². The highest BCUT2D eigenvalue weighted by molar-refractivity contribution is 7.89. The van der Waals surface area contributed by atoms with E-state index in [0.717, 1.165) is 24.3 Å². The maximum Gasteiger partial charge on any atom is 0.573 e. The number of sulfonamides is 1. The molecule has 1 aliphatic heterocycles. The second-order valence-corrected chi connectivity index (χ2v) is 8.06. The van der Waals surface area contributed by atoms with E-state index >= 15 is 0 Å². The van der Waals surface area contributed by atoms with E-state index in [9.17, 15) is 26.4 Å². The molecule has 152 valence electrons. The first-order chi connectivity index (χ1) is 13.1. The molecule has 1 aromatic carbocycles. The van der Waals surface area contributed by atoms with Crippen LogP contribution in [0, 0.1) is 6.92 Å². The Kier molecular flexibility index (Phi) is 5.39. The van der Waals surface area contributed by atoms with Gasteiger partial charge in [-0.2, -0.15) is 4.31 Å². The van der Waals surface area contributed by atoms with Crippen molar-refractivity contribution in [3.8, 4) is 5.75 Å². The summed E-state index contributed by atoms with van der Waals surface area (Å²) in [5.41, 5.74) is 0. The molecule has 1 saturated heterocycles. The number of alkyl halides is 3. The van der Waals surface area contributed by atoms with Crippen LogP contribution in [-0.2, 0) is 10.0 Å².